The molecular weight excluding hydrogens is 369 g/mol. The van der Waals surface area contributed by atoms with Crippen molar-refractivity contribution in [1.29, 1.82) is 0 Å². The fraction of sp³-hybridized carbons (Fsp3) is 0.714. The zero-order valence-electron chi connectivity index (χ0n) is 12.8. The standard InChI is InChI=1S/C14H24IN3O2/c1-6-20-13(19)14(5,17-10(2)3)7-11(4)18-9-12(15)8-16-18/h8-11,17H,6-7H2,1-5H3. The van der Waals surface area contributed by atoms with Crippen molar-refractivity contribution < 1.29 is 9.53 Å². The van der Waals surface area contributed by atoms with Crippen molar-refractivity contribution >= 4 is 28.6 Å². The predicted molar refractivity (Wildman–Crippen MR) is 87.6 cm³/mol. The van der Waals surface area contributed by atoms with Gasteiger partial charge in [-0.15, -0.1) is 0 Å². The number of carbonyl (C=O) groups excluding carboxylic acids is 1. The van der Waals surface area contributed by atoms with Crippen LogP contribution in [0.15, 0.2) is 12.4 Å². The van der Waals surface area contributed by atoms with Gasteiger partial charge in [0.15, 0.2) is 0 Å². The van der Waals surface area contributed by atoms with Gasteiger partial charge in [0.25, 0.3) is 0 Å². The number of ether oxygens (including phenoxy) is 1. The number of nitrogens with zero attached hydrogens (tertiary/aromatic N) is 2. The number of esters is 1. The number of hydrogen-bond acceptors (Lipinski definition) is 4. The van der Waals surface area contributed by atoms with Crippen molar-refractivity contribution in [3.8, 4) is 0 Å². The summed E-state index contributed by atoms with van der Waals surface area (Å²) in [5, 5.41) is 7.64. The van der Waals surface area contributed by atoms with Gasteiger partial charge in [0, 0.05) is 12.2 Å². The summed E-state index contributed by atoms with van der Waals surface area (Å²) in [6.45, 7) is 10.2. The first kappa shape index (κ1) is 17.4. The van der Waals surface area contributed by atoms with E-state index in [0.29, 0.717) is 13.0 Å². The third-order valence-corrected chi connectivity index (χ3v) is 3.62. The summed E-state index contributed by atoms with van der Waals surface area (Å²) >= 11 is 2.23. The molecule has 0 aliphatic heterocycles. The Bertz CT molecular complexity index is 447. The number of halogens is 1. The van der Waals surface area contributed by atoms with Crippen LogP contribution in [-0.4, -0.2) is 33.9 Å². The maximum atomic E-state index is 12.3. The average Bonchev–Trinajstić information content (AvgIpc) is 2.75. The summed E-state index contributed by atoms with van der Waals surface area (Å²) in [6, 6.07) is 0.313. The van der Waals surface area contributed by atoms with Gasteiger partial charge < -0.3 is 4.74 Å². The molecule has 0 saturated carbocycles. The van der Waals surface area contributed by atoms with E-state index in [1.807, 2.05) is 44.8 Å². The van der Waals surface area contributed by atoms with E-state index in [9.17, 15) is 4.79 Å². The van der Waals surface area contributed by atoms with E-state index in [4.69, 9.17) is 4.74 Å². The lowest BCUT2D eigenvalue weighted by Crippen LogP contribution is -2.54. The molecule has 0 amide bonds. The fourth-order valence-electron chi connectivity index (χ4n) is 2.37. The van der Waals surface area contributed by atoms with E-state index in [0.717, 1.165) is 3.57 Å². The highest BCUT2D eigenvalue weighted by Crippen LogP contribution is 2.23. The molecule has 0 spiro atoms. The van der Waals surface area contributed by atoms with Crippen molar-refractivity contribution in [2.45, 2.75) is 58.7 Å². The van der Waals surface area contributed by atoms with Crippen LogP contribution in [0.3, 0.4) is 0 Å². The smallest absolute Gasteiger partial charge is 0.326 e. The van der Waals surface area contributed by atoms with Gasteiger partial charge in [-0.05, 0) is 63.6 Å². The van der Waals surface area contributed by atoms with Crippen LogP contribution in [0.25, 0.3) is 0 Å². The summed E-state index contributed by atoms with van der Waals surface area (Å²) in [4.78, 5) is 12.3. The highest BCUT2D eigenvalue weighted by Gasteiger charge is 2.37. The number of aromatic nitrogens is 2. The molecule has 1 heterocycles. The molecule has 0 fully saturated rings. The minimum Gasteiger partial charge on any atom is -0.465 e. The van der Waals surface area contributed by atoms with Gasteiger partial charge in [0.1, 0.15) is 5.54 Å². The quantitative estimate of drug-likeness (QED) is 0.572. The fourth-order valence-corrected chi connectivity index (χ4v) is 2.78. The van der Waals surface area contributed by atoms with Crippen molar-refractivity contribution in [2.75, 3.05) is 6.61 Å². The van der Waals surface area contributed by atoms with Gasteiger partial charge >= 0.3 is 5.97 Å². The van der Waals surface area contributed by atoms with Crippen molar-refractivity contribution in [1.82, 2.24) is 15.1 Å². The third-order valence-electron chi connectivity index (χ3n) is 3.06. The Morgan fingerprint density at radius 3 is 2.65 bits per heavy atom. The normalized spacial score (nSPS) is 15.9. The molecule has 0 aliphatic carbocycles. The maximum Gasteiger partial charge on any atom is 0.326 e. The van der Waals surface area contributed by atoms with E-state index in [1.54, 1.807) is 0 Å². The lowest BCUT2D eigenvalue weighted by molar-refractivity contribution is -0.151. The maximum absolute atomic E-state index is 12.3. The Morgan fingerprint density at radius 1 is 1.55 bits per heavy atom. The molecule has 0 saturated heterocycles. The summed E-state index contributed by atoms with van der Waals surface area (Å²) < 4.78 is 8.19. The monoisotopic (exact) mass is 393 g/mol. The van der Waals surface area contributed by atoms with Crippen molar-refractivity contribution in [3.05, 3.63) is 16.0 Å². The first-order chi connectivity index (χ1) is 9.28. The van der Waals surface area contributed by atoms with Crippen LogP contribution in [0.2, 0.25) is 0 Å². The third kappa shape index (κ3) is 4.73. The molecule has 2 atom stereocenters. The first-order valence-corrected chi connectivity index (χ1v) is 8.01. The summed E-state index contributed by atoms with van der Waals surface area (Å²) in [6.07, 6.45) is 4.42. The largest absolute Gasteiger partial charge is 0.465 e. The molecule has 5 nitrogen and oxygen atoms in total. The number of rotatable bonds is 7. The lowest BCUT2D eigenvalue weighted by atomic mass is 9.92. The minimum atomic E-state index is -0.707. The van der Waals surface area contributed by atoms with Crippen molar-refractivity contribution in [3.63, 3.8) is 0 Å². The van der Waals surface area contributed by atoms with Crippen LogP contribution in [0, 0.1) is 3.57 Å². The summed E-state index contributed by atoms with van der Waals surface area (Å²) in [7, 11) is 0. The molecule has 114 valence electrons. The van der Waals surface area contributed by atoms with E-state index in [2.05, 4.69) is 39.9 Å². The van der Waals surface area contributed by atoms with Gasteiger partial charge in [0.2, 0.25) is 0 Å². The second-order valence-corrected chi connectivity index (χ2v) is 6.79. The van der Waals surface area contributed by atoms with E-state index < -0.39 is 5.54 Å². The first-order valence-electron chi connectivity index (χ1n) is 6.93. The molecule has 1 aromatic rings. The van der Waals surface area contributed by atoms with Gasteiger partial charge in [-0.25, -0.2) is 0 Å². The molecule has 0 radical (unpaired) electrons. The van der Waals surface area contributed by atoms with Gasteiger partial charge in [-0.3, -0.25) is 14.8 Å². The zero-order valence-corrected chi connectivity index (χ0v) is 15.0. The van der Waals surface area contributed by atoms with Gasteiger partial charge in [-0.2, -0.15) is 5.10 Å². The molecule has 6 heteroatoms. The van der Waals surface area contributed by atoms with Crippen LogP contribution in [-0.2, 0) is 9.53 Å². The Labute approximate surface area is 134 Å². The topological polar surface area (TPSA) is 56.2 Å². The van der Waals surface area contributed by atoms with Crippen LogP contribution in [0.1, 0.15) is 47.1 Å². The van der Waals surface area contributed by atoms with Crippen LogP contribution in [0.4, 0.5) is 0 Å². The van der Waals surface area contributed by atoms with Gasteiger partial charge in [-0.1, -0.05) is 0 Å². The van der Waals surface area contributed by atoms with Crippen molar-refractivity contribution in [2.24, 2.45) is 0 Å². The molecule has 1 N–H and O–H groups in total. The van der Waals surface area contributed by atoms with E-state index in [1.165, 1.54) is 0 Å². The summed E-state index contributed by atoms with van der Waals surface area (Å²) in [5.74, 6) is -0.206. The predicted octanol–water partition coefficient (Wildman–Crippen LogP) is 2.76. The molecule has 0 aliphatic rings. The molecule has 0 aromatic carbocycles. The second kappa shape index (κ2) is 7.40. The highest BCUT2D eigenvalue weighted by atomic mass is 127. The molecule has 1 rings (SSSR count). The Balaban J connectivity index is 2.86. The molecule has 1 aromatic heterocycles. The van der Waals surface area contributed by atoms with E-state index >= 15 is 0 Å². The summed E-state index contributed by atoms with van der Waals surface area (Å²) in [5.41, 5.74) is -0.707. The van der Waals surface area contributed by atoms with Crippen LogP contribution >= 0.6 is 22.6 Å². The molecule has 20 heavy (non-hydrogen) atoms. The van der Waals surface area contributed by atoms with Crippen LogP contribution in [0.5, 0.6) is 0 Å². The van der Waals surface area contributed by atoms with Gasteiger partial charge in [0.05, 0.1) is 22.4 Å². The van der Waals surface area contributed by atoms with E-state index in [-0.39, 0.29) is 18.1 Å². The Morgan fingerprint density at radius 2 is 2.20 bits per heavy atom. The Hall–Kier alpha value is -0.630. The molecular formula is C14H24IN3O2. The number of carbonyl (C=O) groups is 1. The molecule has 2 unspecified atom stereocenters. The number of hydrogen-bond donors (Lipinski definition) is 1. The average molecular weight is 393 g/mol. The zero-order chi connectivity index (χ0) is 15.3. The second-order valence-electron chi connectivity index (χ2n) is 5.54. The Kier molecular flexibility index (Phi) is 6.44. The van der Waals surface area contributed by atoms with Crippen LogP contribution < -0.4 is 5.32 Å². The lowest BCUT2D eigenvalue weighted by Gasteiger charge is -2.33. The number of nitrogens with one attached hydrogen (secondary N) is 1. The molecule has 0 bridgehead atoms. The minimum absolute atomic E-state index is 0.110. The highest BCUT2D eigenvalue weighted by molar-refractivity contribution is 14.1. The SMILES string of the molecule is CCOC(=O)C(C)(CC(C)n1cc(I)cn1)NC(C)C.